The van der Waals surface area contributed by atoms with Crippen molar-refractivity contribution in [2.45, 2.75) is 32.6 Å². The van der Waals surface area contributed by atoms with Crippen molar-refractivity contribution in [2.75, 3.05) is 5.43 Å². The number of hydrogen-bond acceptors (Lipinski definition) is 5. The Morgan fingerprint density at radius 1 is 1.30 bits per heavy atom. The summed E-state index contributed by atoms with van der Waals surface area (Å²) < 4.78 is 5.63. The molecule has 0 saturated heterocycles. The molecule has 23 heavy (non-hydrogen) atoms. The highest BCUT2D eigenvalue weighted by Gasteiger charge is 2.18. The van der Waals surface area contributed by atoms with Gasteiger partial charge < -0.3 is 4.42 Å². The molecule has 1 N–H and O–H groups in total. The SMILES string of the molecule is CCC(CC)c1nc(C#N)c(N/N=C/C=C\c2ccccc2)o1. The van der Waals surface area contributed by atoms with E-state index in [1.807, 2.05) is 48.6 Å². The number of hydrazone groups is 1. The van der Waals surface area contributed by atoms with Crippen molar-refractivity contribution < 1.29 is 4.42 Å². The van der Waals surface area contributed by atoms with Crippen molar-refractivity contribution in [1.29, 1.82) is 5.26 Å². The van der Waals surface area contributed by atoms with Gasteiger partial charge in [-0.1, -0.05) is 50.3 Å². The lowest BCUT2D eigenvalue weighted by atomic mass is 10.0. The average Bonchev–Trinajstić information content (AvgIpc) is 3.00. The van der Waals surface area contributed by atoms with E-state index in [1.165, 1.54) is 0 Å². The number of nitrogens with zero attached hydrogens (tertiary/aromatic N) is 3. The lowest BCUT2D eigenvalue weighted by Gasteiger charge is -2.05. The molecule has 0 radical (unpaired) electrons. The number of nitriles is 1. The number of aromatic nitrogens is 1. The van der Waals surface area contributed by atoms with E-state index >= 15 is 0 Å². The Labute approximate surface area is 136 Å². The molecule has 0 amide bonds. The monoisotopic (exact) mass is 308 g/mol. The Morgan fingerprint density at radius 3 is 2.70 bits per heavy atom. The Hall–Kier alpha value is -2.87. The van der Waals surface area contributed by atoms with Crippen molar-refractivity contribution in [3.8, 4) is 6.07 Å². The third-order valence-electron chi connectivity index (χ3n) is 3.50. The zero-order valence-corrected chi connectivity index (χ0v) is 13.4. The van der Waals surface area contributed by atoms with Gasteiger partial charge in [0.15, 0.2) is 0 Å². The molecule has 118 valence electrons. The number of oxazole rings is 1. The van der Waals surface area contributed by atoms with Gasteiger partial charge in [-0.3, -0.25) is 0 Å². The molecule has 0 aliphatic carbocycles. The van der Waals surface area contributed by atoms with Gasteiger partial charge in [0.25, 0.3) is 5.88 Å². The molecule has 0 spiro atoms. The summed E-state index contributed by atoms with van der Waals surface area (Å²) in [5, 5.41) is 13.2. The van der Waals surface area contributed by atoms with Crippen LogP contribution in [-0.2, 0) is 0 Å². The summed E-state index contributed by atoms with van der Waals surface area (Å²) in [6.45, 7) is 4.15. The number of allylic oxidation sites excluding steroid dienone is 1. The first kappa shape index (κ1) is 16.5. The van der Waals surface area contributed by atoms with Crippen molar-refractivity contribution >= 4 is 18.2 Å². The minimum atomic E-state index is 0.222. The Bertz CT molecular complexity index is 706. The van der Waals surface area contributed by atoms with Crippen LogP contribution in [0.5, 0.6) is 0 Å². The molecular formula is C18H20N4O. The van der Waals surface area contributed by atoms with Crippen LogP contribution in [0.15, 0.2) is 45.9 Å². The molecule has 0 fully saturated rings. The molecule has 5 nitrogen and oxygen atoms in total. The summed E-state index contributed by atoms with van der Waals surface area (Å²) in [6, 6.07) is 12.0. The molecule has 0 unspecified atom stereocenters. The smallest absolute Gasteiger partial charge is 0.252 e. The highest BCUT2D eigenvalue weighted by atomic mass is 16.4. The van der Waals surface area contributed by atoms with E-state index in [4.69, 9.17) is 9.68 Å². The first-order valence-corrected chi connectivity index (χ1v) is 7.70. The summed E-state index contributed by atoms with van der Waals surface area (Å²) in [6.07, 6.45) is 7.20. The fraction of sp³-hybridized carbons (Fsp3) is 0.278. The van der Waals surface area contributed by atoms with Gasteiger partial charge in [0.05, 0.1) is 0 Å². The molecular weight excluding hydrogens is 288 g/mol. The molecule has 2 aromatic rings. The van der Waals surface area contributed by atoms with Crippen molar-refractivity contribution in [1.82, 2.24) is 4.98 Å². The number of nitrogens with one attached hydrogen (secondary N) is 1. The van der Waals surface area contributed by atoms with Crippen LogP contribution in [0.25, 0.3) is 6.08 Å². The number of rotatable bonds is 7. The van der Waals surface area contributed by atoms with Crippen LogP contribution in [0.1, 0.15) is 49.8 Å². The summed E-state index contributed by atoms with van der Waals surface area (Å²) in [4.78, 5) is 4.23. The Kier molecular flexibility index (Phi) is 6.13. The second kappa shape index (κ2) is 8.54. The van der Waals surface area contributed by atoms with E-state index in [9.17, 15) is 0 Å². The quantitative estimate of drug-likeness (QED) is 0.601. The van der Waals surface area contributed by atoms with Crippen LogP contribution in [0.2, 0.25) is 0 Å². The molecule has 1 aromatic carbocycles. The van der Waals surface area contributed by atoms with E-state index in [2.05, 4.69) is 29.4 Å². The predicted octanol–water partition coefficient (Wildman–Crippen LogP) is 4.56. The van der Waals surface area contributed by atoms with Gasteiger partial charge in [0.1, 0.15) is 6.07 Å². The summed E-state index contributed by atoms with van der Waals surface area (Å²) in [7, 11) is 0. The average molecular weight is 308 g/mol. The van der Waals surface area contributed by atoms with Crippen LogP contribution in [0, 0.1) is 11.3 Å². The summed E-state index contributed by atoms with van der Waals surface area (Å²) >= 11 is 0. The van der Waals surface area contributed by atoms with Crippen LogP contribution < -0.4 is 5.43 Å². The molecule has 0 saturated carbocycles. The zero-order valence-electron chi connectivity index (χ0n) is 13.4. The molecule has 0 aliphatic rings. The second-order valence-corrected chi connectivity index (χ2v) is 5.01. The maximum atomic E-state index is 9.13. The third kappa shape index (κ3) is 4.55. The van der Waals surface area contributed by atoms with Gasteiger partial charge in [0, 0.05) is 12.1 Å². The zero-order chi connectivity index (χ0) is 16.5. The van der Waals surface area contributed by atoms with E-state index in [0.717, 1.165) is 18.4 Å². The van der Waals surface area contributed by atoms with Crippen molar-refractivity contribution in [3.05, 3.63) is 53.6 Å². The lowest BCUT2D eigenvalue weighted by molar-refractivity contribution is 0.439. The molecule has 0 bridgehead atoms. The van der Waals surface area contributed by atoms with Crippen LogP contribution in [0.3, 0.4) is 0 Å². The minimum absolute atomic E-state index is 0.222. The number of anilines is 1. The fourth-order valence-electron chi connectivity index (χ4n) is 2.16. The van der Waals surface area contributed by atoms with Gasteiger partial charge >= 0.3 is 0 Å². The molecule has 1 heterocycles. The summed E-state index contributed by atoms with van der Waals surface area (Å²) in [5.74, 6) is 1.10. The minimum Gasteiger partial charge on any atom is -0.422 e. The Balaban J connectivity index is 2.01. The standard InChI is InChI=1S/C18H20N4O/c1-3-15(4-2)17-21-16(13-19)18(23-17)22-20-12-8-11-14-9-6-5-7-10-14/h5-12,15,22H,3-4H2,1-2H3/b11-8-,20-12+. The second-order valence-electron chi connectivity index (χ2n) is 5.01. The molecule has 0 aliphatic heterocycles. The van der Waals surface area contributed by atoms with Crippen LogP contribution in [0.4, 0.5) is 5.88 Å². The van der Waals surface area contributed by atoms with E-state index in [1.54, 1.807) is 6.21 Å². The molecule has 2 rings (SSSR count). The largest absolute Gasteiger partial charge is 0.422 e. The normalized spacial score (nSPS) is 11.4. The topological polar surface area (TPSA) is 74.2 Å². The van der Waals surface area contributed by atoms with Crippen molar-refractivity contribution in [3.63, 3.8) is 0 Å². The first-order chi connectivity index (χ1) is 11.3. The maximum absolute atomic E-state index is 9.13. The fourth-order valence-corrected chi connectivity index (χ4v) is 2.16. The van der Waals surface area contributed by atoms with Crippen LogP contribution >= 0.6 is 0 Å². The third-order valence-corrected chi connectivity index (χ3v) is 3.50. The molecule has 0 atom stereocenters. The van der Waals surface area contributed by atoms with Gasteiger partial charge in [-0.05, 0) is 24.5 Å². The highest BCUT2D eigenvalue weighted by Crippen LogP contribution is 2.26. The van der Waals surface area contributed by atoms with Gasteiger partial charge in [-0.15, -0.1) is 0 Å². The number of hydrogen-bond donors (Lipinski definition) is 1. The van der Waals surface area contributed by atoms with Gasteiger partial charge in [-0.25, -0.2) is 10.4 Å². The summed E-state index contributed by atoms with van der Waals surface area (Å²) in [5.41, 5.74) is 4.06. The van der Waals surface area contributed by atoms with E-state index in [-0.39, 0.29) is 11.6 Å². The molecule has 5 heteroatoms. The lowest BCUT2D eigenvalue weighted by Crippen LogP contribution is -1.95. The maximum Gasteiger partial charge on any atom is 0.252 e. The highest BCUT2D eigenvalue weighted by molar-refractivity contribution is 5.78. The molecule has 1 aromatic heterocycles. The van der Waals surface area contributed by atoms with Gasteiger partial charge in [-0.2, -0.15) is 10.4 Å². The Morgan fingerprint density at radius 2 is 2.04 bits per heavy atom. The van der Waals surface area contributed by atoms with Gasteiger partial charge in [0.2, 0.25) is 11.6 Å². The number of benzene rings is 1. The van der Waals surface area contributed by atoms with E-state index in [0.29, 0.717) is 11.8 Å². The van der Waals surface area contributed by atoms with Crippen LogP contribution in [-0.4, -0.2) is 11.2 Å². The first-order valence-electron chi connectivity index (χ1n) is 7.70. The predicted molar refractivity (Wildman–Crippen MR) is 92.1 cm³/mol. The van der Waals surface area contributed by atoms with E-state index < -0.39 is 0 Å². The van der Waals surface area contributed by atoms with Crippen molar-refractivity contribution in [2.24, 2.45) is 5.10 Å².